The second-order valence-electron chi connectivity index (χ2n) is 8.83. The van der Waals surface area contributed by atoms with Crippen LogP contribution in [0.1, 0.15) is 38.6 Å². The van der Waals surface area contributed by atoms with Gasteiger partial charge in [0.15, 0.2) is 0 Å². The van der Waals surface area contributed by atoms with Crippen molar-refractivity contribution in [3.63, 3.8) is 0 Å². The summed E-state index contributed by atoms with van der Waals surface area (Å²) in [6, 6.07) is 18.9. The van der Waals surface area contributed by atoms with Gasteiger partial charge < -0.3 is 19.4 Å². The summed E-state index contributed by atoms with van der Waals surface area (Å²) in [5, 5.41) is 3.10. The molecule has 2 aromatic carbocycles. The van der Waals surface area contributed by atoms with Crippen molar-refractivity contribution in [3.8, 4) is 0 Å². The minimum Gasteiger partial charge on any atom is -0.465 e. The summed E-state index contributed by atoms with van der Waals surface area (Å²) in [7, 11) is 0. The largest absolute Gasteiger partial charge is 0.465 e. The molecule has 1 N–H and O–H groups in total. The Bertz CT molecular complexity index is 1090. The van der Waals surface area contributed by atoms with E-state index in [1.54, 1.807) is 0 Å². The number of nitrogens with zero attached hydrogens (tertiary/aromatic N) is 2. The van der Waals surface area contributed by atoms with Gasteiger partial charge in [0.2, 0.25) is 0 Å². The van der Waals surface area contributed by atoms with Crippen molar-refractivity contribution in [2.24, 2.45) is 0 Å². The molecule has 3 aromatic rings. The van der Waals surface area contributed by atoms with Crippen LogP contribution in [0.4, 0.5) is 5.69 Å². The van der Waals surface area contributed by atoms with Gasteiger partial charge in [-0.25, -0.2) is 0 Å². The standard InChI is InChI=1S/C27H31N3O3/c1-20-26(24-19-29(12-11-25(24)33-20)18-22-5-3-2-4-6-22)27(31)28-17-21-7-9-23(10-8-21)30-13-15-32-16-14-30/h2-10H,11-19H2,1H3,(H,28,31). The number of aryl methyl sites for hydroxylation is 1. The highest BCUT2D eigenvalue weighted by atomic mass is 16.5. The third-order valence-corrected chi connectivity index (χ3v) is 6.55. The van der Waals surface area contributed by atoms with Gasteiger partial charge in [-0.2, -0.15) is 0 Å². The predicted octanol–water partition coefficient (Wildman–Crippen LogP) is 3.91. The molecule has 6 heteroatoms. The van der Waals surface area contributed by atoms with Crippen molar-refractivity contribution in [2.45, 2.75) is 33.0 Å². The maximum atomic E-state index is 13.1. The molecule has 5 rings (SSSR count). The molecule has 2 aliphatic rings. The lowest BCUT2D eigenvalue weighted by Crippen LogP contribution is -2.36. The van der Waals surface area contributed by atoms with Crippen molar-refractivity contribution in [1.82, 2.24) is 10.2 Å². The van der Waals surface area contributed by atoms with Crippen LogP contribution in [0.5, 0.6) is 0 Å². The van der Waals surface area contributed by atoms with E-state index < -0.39 is 0 Å². The molecule has 33 heavy (non-hydrogen) atoms. The molecule has 3 heterocycles. The predicted molar refractivity (Wildman–Crippen MR) is 128 cm³/mol. The van der Waals surface area contributed by atoms with E-state index in [0.717, 1.165) is 69.2 Å². The minimum absolute atomic E-state index is 0.0590. The van der Waals surface area contributed by atoms with Crippen LogP contribution in [-0.2, 0) is 30.8 Å². The third kappa shape index (κ3) is 4.97. The summed E-state index contributed by atoms with van der Waals surface area (Å²) in [5.41, 5.74) is 5.31. The molecule has 0 spiro atoms. The molecule has 1 amide bonds. The van der Waals surface area contributed by atoms with Gasteiger partial charge in [0.25, 0.3) is 5.91 Å². The van der Waals surface area contributed by atoms with Crippen LogP contribution in [0.15, 0.2) is 59.0 Å². The summed E-state index contributed by atoms with van der Waals surface area (Å²) < 4.78 is 11.4. The Morgan fingerprint density at radius 3 is 2.48 bits per heavy atom. The van der Waals surface area contributed by atoms with Crippen LogP contribution in [0.25, 0.3) is 0 Å². The first-order valence-corrected chi connectivity index (χ1v) is 11.7. The number of anilines is 1. The Labute approximate surface area is 195 Å². The fourth-order valence-corrected chi connectivity index (χ4v) is 4.77. The quantitative estimate of drug-likeness (QED) is 0.623. The fraction of sp³-hybridized carbons (Fsp3) is 0.370. The second kappa shape index (κ2) is 9.81. The lowest BCUT2D eigenvalue weighted by atomic mass is 10.0. The van der Waals surface area contributed by atoms with E-state index in [9.17, 15) is 4.79 Å². The van der Waals surface area contributed by atoms with Gasteiger partial charge in [0.1, 0.15) is 11.5 Å². The van der Waals surface area contributed by atoms with E-state index in [4.69, 9.17) is 9.15 Å². The molecule has 6 nitrogen and oxygen atoms in total. The van der Waals surface area contributed by atoms with Crippen LogP contribution in [0, 0.1) is 6.92 Å². The van der Waals surface area contributed by atoms with E-state index in [0.29, 0.717) is 17.9 Å². The van der Waals surface area contributed by atoms with Crippen molar-refractivity contribution in [3.05, 3.63) is 88.4 Å². The highest BCUT2D eigenvalue weighted by Gasteiger charge is 2.28. The van der Waals surface area contributed by atoms with Crippen LogP contribution in [0.2, 0.25) is 0 Å². The lowest BCUT2D eigenvalue weighted by Gasteiger charge is -2.28. The third-order valence-electron chi connectivity index (χ3n) is 6.55. The van der Waals surface area contributed by atoms with Gasteiger partial charge in [0, 0.05) is 56.9 Å². The first-order valence-electron chi connectivity index (χ1n) is 11.7. The maximum Gasteiger partial charge on any atom is 0.255 e. The first-order chi connectivity index (χ1) is 16.2. The monoisotopic (exact) mass is 445 g/mol. The van der Waals surface area contributed by atoms with E-state index in [-0.39, 0.29) is 5.91 Å². The first kappa shape index (κ1) is 21.7. The lowest BCUT2D eigenvalue weighted by molar-refractivity contribution is 0.0947. The number of benzene rings is 2. The van der Waals surface area contributed by atoms with Gasteiger partial charge in [-0.15, -0.1) is 0 Å². The molecule has 1 aromatic heterocycles. The van der Waals surface area contributed by atoms with Gasteiger partial charge in [0.05, 0.1) is 18.8 Å². The number of rotatable bonds is 6. The Morgan fingerprint density at radius 2 is 1.73 bits per heavy atom. The summed E-state index contributed by atoms with van der Waals surface area (Å²) in [6.07, 6.45) is 0.833. The number of carbonyl (C=O) groups is 1. The topological polar surface area (TPSA) is 58.0 Å². The highest BCUT2D eigenvalue weighted by Crippen LogP contribution is 2.29. The summed E-state index contributed by atoms with van der Waals surface area (Å²) in [5.74, 6) is 1.61. The molecule has 0 unspecified atom stereocenters. The maximum absolute atomic E-state index is 13.1. The Balaban J connectivity index is 1.23. The van der Waals surface area contributed by atoms with Crippen LogP contribution in [-0.4, -0.2) is 43.7 Å². The second-order valence-corrected chi connectivity index (χ2v) is 8.83. The average molecular weight is 446 g/mol. The van der Waals surface area contributed by atoms with Gasteiger partial charge in [-0.3, -0.25) is 9.69 Å². The Morgan fingerprint density at radius 1 is 0.970 bits per heavy atom. The molecule has 1 fully saturated rings. The molecule has 0 saturated carbocycles. The molecule has 0 aliphatic carbocycles. The normalized spacial score (nSPS) is 16.5. The zero-order valence-electron chi connectivity index (χ0n) is 19.2. The Kier molecular flexibility index (Phi) is 6.46. The number of morpholine rings is 1. The number of ether oxygens (including phenoxy) is 1. The van der Waals surface area contributed by atoms with Crippen molar-refractivity contribution >= 4 is 11.6 Å². The van der Waals surface area contributed by atoms with Crippen LogP contribution >= 0.6 is 0 Å². The molecule has 2 aliphatic heterocycles. The Hall–Kier alpha value is -3.09. The van der Waals surface area contributed by atoms with Crippen molar-refractivity contribution in [1.29, 1.82) is 0 Å². The number of hydrogen-bond donors (Lipinski definition) is 1. The fourth-order valence-electron chi connectivity index (χ4n) is 4.77. The number of fused-ring (bicyclic) bond motifs is 1. The van der Waals surface area contributed by atoms with E-state index in [1.165, 1.54) is 11.3 Å². The molecule has 1 saturated heterocycles. The summed E-state index contributed by atoms with van der Waals surface area (Å²) in [6.45, 7) is 8.32. The van der Waals surface area contributed by atoms with Gasteiger partial charge in [-0.1, -0.05) is 42.5 Å². The zero-order valence-corrected chi connectivity index (χ0v) is 19.2. The van der Waals surface area contributed by atoms with E-state index in [2.05, 4.69) is 63.6 Å². The van der Waals surface area contributed by atoms with Crippen LogP contribution < -0.4 is 10.2 Å². The summed E-state index contributed by atoms with van der Waals surface area (Å²) in [4.78, 5) is 17.8. The van der Waals surface area contributed by atoms with Gasteiger partial charge >= 0.3 is 0 Å². The molecular weight excluding hydrogens is 414 g/mol. The molecule has 0 bridgehead atoms. The van der Waals surface area contributed by atoms with E-state index in [1.807, 2.05) is 13.0 Å². The highest BCUT2D eigenvalue weighted by molar-refractivity contribution is 5.97. The van der Waals surface area contributed by atoms with Crippen molar-refractivity contribution < 1.29 is 13.9 Å². The van der Waals surface area contributed by atoms with Crippen LogP contribution in [0.3, 0.4) is 0 Å². The van der Waals surface area contributed by atoms with E-state index >= 15 is 0 Å². The smallest absolute Gasteiger partial charge is 0.255 e. The minimum atomic E-state index is -0.0590. The zero-order chi connectivity index (χ0) is 22.6. The van der Waals surface area contributed by atoms with Crippen molar-refractivity contribution in [2.75, 3.05) is 37.7 Å². The molecule has 0 radical (unpaired) electrons. The number of amides is 1. The molecule has 172 valence electrons. The average Bonchev–Trinajstić information content (AvgIpc) is 3.19. The number of nitrogens with one attached hydrogen (secondary N) is 1. The molecule has 0 atom stereocenters. The summed E-state index contributed by atoms with van der Waals surface area (Å²) >= 11 is 0. The number of carbonyl (C=O) groups excluding carboxylic acids is 1. The SMILES string of the molecule is Cc1oc2c(c1C(=O)NCc1ccc(N3CCOCC3)cc1)CN(Cc1ccccc1)CC2. The molecular formula is C27H31N3O3. The number of furan rings is 1. The number of hydrogen-bond acceptors (Lipinski definition) is 5. The van der Waals surface area contributed by atoms with Gasteiger partial charge in [-0.05, 0) is 30.2 Å².